The molecule has 0 N–H and O–H groups in total. The Hall–Kier alpha value is -4.04. The van der Waals surface area contributed by atoms with Crippen LogP contribution < -0.4 is 4.74 Å². The highest BCUT2D eigenvalue weighted by Gasteiger charge is 2.33. The molecule has 0 radical (unpaired) electrons. The maximum absolute atomic E-state index is 13.1. The van der Waals surface area contributed by atoms with Crippen LogP contribution in [0.4, 0.5) is 5.69 Å². The maximum atomic E-state index is 13.1. The molecule has 1 atom stereocenters. The van der Waals surface area contributed by atoms with E-state index in [1.807, 2.05) is 12.1 Å². The van der Waals surface area contributed by atoms with Gasteiger partial charge >= 0.3 is 0 Å². The van der Waals surface area contributed by atoms with Crippen LogP contribution in [0.25, 0.3) is 0 Å². The second-order valence-electron chi connectivity index (χ2n) is 7.34. The van der Waals surface area contributed by atoms with E-state index in [1.165, 1.54) is 17.1 Å². The summed E-state index contributed by atoms with van der Waals surface area (Å²) in [5, 5.41) is 17.4. The summed E-state index contributed by atoms with van der Waals surface area (Å²) < 4.78 is 5.59. The van der Waals surface area contributed by atoms with Gasteiger partial charge in [0.25, 0.3) is 11.6 Å². The molecule has 166 valence electrons. The Morgan fingerprint density at radius 1 is 1.15 bits per heavy atom. The van der Waals surface area contributed by atoms with Gasteiger partial charge in [-0.25, -0.2) is 5.01 Å². The van der Waals surface area contributed by atoms with E-state index in [-0.39, 0.29) is 24.2 Å². The fourth-order valence-electron chi connectivity index (χ4n) is 3.52. The molecule has 0 saturated heterocycles. The van der Waals surface area contributed by atoms with Crippen molar-refractivity contribution in [1.82, 2.24) is 5.01 Å². The van der Waals surface area contributed by atoms with Gasteiger partial charge in [0.15, 0.2) is 6.61 Å². The van der Waals surface area contributed by atoms with Gasteiger partial charge in [0.1, 0.15) is 12.0 Å². The van der Waals surface area contributed by atoms with Crippen LogP contribution in [0.3, 0.4) is 0 Å². The van der Waals surface area contributed by atoms with Crippen LogP contribution in [0, 0.1) is 10.1 Å². The van der Waals surface area contributed by atoms with Gasteiger partial charge in [0.05, 0.1) is 16.7 Å². The molecule has 33 heavy (non-hydrogen) atoms. The van der Waals surface area contributed by atoms with E-state index in [2.05, 4.69) is 5.10 Å². The number of carbonyl (C=O) groups excluding carboxylic acids is 2. The number of hydrazone groups is 1. The monoisotopic (exact) mass is 463 g/mol. The molecule has 0 bridgehead atoms. The molecule has 0 aromatic heterocycles. The Labute approximate surface area is 194 Å². The number of hydrogen-bond donors (Lipinski definition) is 0. The predicted octanol–water partition coefficient (Wildman–Crippen LogP) is 4.82. The highest BCUT2D eigenvalue weighted by atomic mass is 35.5. The first-order chi connectivity index (χ1) is 15.9. The van der Waals surface area contributed by atoms with Crippen LogP contribution in [0.5, 0.6) is 5.75 Å². The third kappa shape index (κ3) is 5.07. The van der Waals surface area contributed by atoms with Crippen LogP contribution >= 0.6 is 11.6 Å². The number of nitro benzene ring substituents is 1. The zero-order valence-corrected chi connectivity index (χ0v) is 18.0. The minimum absolute atomic E-state index is 0.0227. The molecular weight excluding hydrogens is 446 g/mol. The smallest absolute Gasteiger partial charge is 0.281 e. The number of non-ortho nitro benzene ring substituents is 1. The molecule has 0 aliphatic carbocycles. The number of hydrogen-bond acceptors (Lipinski definition) is 6. The number of ether oxygens (including phenoxy) is 1. The van der Waals surface area contributed by atoms with Gasteiger partial charge in [-0.15, -0.1) is 0 Å². The van der Waals surface area contributed by atoms with Gasteiger partial charge in [-0.2, -0.15) is 5.10 Å². The minimum atomic E-state index is -0.469. The van der Waals surface area contributed by atoms with Gasteiger partial charge in [-0.1, -0.05) is 35.9 Å². The number of amides is 1. The fourth-order valence-corrected chi connectivity index (χ4v) is 3.65. The van der Waals surface area contributed by atoms with Crippen molar-refractivity contribution in [2.75, 3.05) is 6.61 Å². The number of nitrogens with zero attached hydrogens (tertiary/aromatic N) is 3. The van der Waals surface area contributed by atoms with E-state index in [9.17, 15) is 19.7 Å². The van der Waals surface area contributed by atoms with Gasteiger partial charge in [0, 0.05) is 29.1 Å². The Morgan fingerprint density at radius 3 is 2.55 bits per heavy atom. The second kappa shape index (κ2) is 9.62. The molecule has 0 spiro atoms. The maximum Gasteiger partial charge on any atom is 0.281 e. The quantitative estimate of drug-likeness (QED) is 0.284. The molecule has 0 fully saturated rings. The van der Waals surface area contributed by atoms with Crippen molar-refractivity contribution >= 4 is 35.2 Å². The lowest BCUT2D eigenvalue weighted by Crippen LogP contribution is -2.31. The summed E-state index contributed by atoms with van der Waals surface area (Å²) in [6.45, 7) is -0.274. The Balaban J connectivity index is 1.58. The van der Waals surface area contributed by atoms with E-state index >= 15 is 0 Å². The van der Waals surface area contributed by atoms with Crippen LogP contribution in [-0.4, -0.2) is 34.4 Å². The summed E-state index contributed by atoms with van der Waals surface area (Å²) in [6, 6.07) is 19.3. The first-order valence-electron chi connectivity index (χ1n) is 10.0. The molecule has 1 heterocycles. The first kappa shape index (κ1) is 22.2. The topological polar surface area (TPSA) is 102 Å². The van der Waals surface area contributed by atoms with Crippen molar-refractivity contribution in [2.45, 2.75) is 12.5 Å². The zero-order valence-electron chi connectivity index (χ0n) is 17.3. The van der Waals surface area contributed by atoms with Crippen LogP contribution in [0.15, 0.2) is 77.9 Å². The van der Waals surface area contributed by atoms with E-state index in [4.69, 9.17) is 16.3 Å². The van der Waals surface area contributed by atoms with Crippen LogP contribution in [-0.2, 0) is 4.79 Å². The first-order valence-corrected chi connectivity index (χ1v) is 10.4. The molecule has 3 aromatic rings. The number of aldehydes is 1. The molecule has 1 unspecified atom stereocenters. The van der Waals surface area contributed by atoms with Gasteiger partial charge in [-0.3, -0.25) is 19.7 Å². The molecule has 0 saturated carbocycles. The normalized spacial score (nSPS) is 15.1. The third-order valence-electron chi connectivity index (χ3n) is 5.19. The molecule has 1 aliphatic heterocycles. The Morgan fingerprint density at radius 2 is 1.88 bits per heavy atom. The summed E-state index contributed by atoms with van der Waals surface area (Å²) in [5.74, 6) is 0.0260. The predicted molar refractivity (Wildman–Crippen MR) is 123 cm³/mol. The van der Waals surface area contributed by atoms with E-state index in [0.717, 1.165) is 5.56 Å². The third-order valence-corrected chi connectivity index (χ3v) is 5.44. The Kier molecular flexibility index (Phi) is 6.46. The van der Waals surface area contributed by atoms with Crippen molar-refractivity contribution in [3.05, 3.63) is 105 Å². The molecule has 3 aromatic carbocycles. The number of rotatable bonds is 7. The van der Waals surface area contributed by atoms with Crippen molar-refractivity contribution < 1.29 is 19.2 Å². The fraction of sp³-hybridized carbons (Fsp3) is 0.125. The highest BCUT2D eigenvalue weighted by molar-refractivity contribution is 6.30. The van der Waals surface area contributed by atoms with Crippen molar-refractivity contribution in [3.8, 4) is 5.75 Å². The average molecular weight is 464 g/mol. The summed E-state index contributed by atoms with van der Waals surface area (Å²) in [7, 11) is 0. The zero-order chi connectivity index (χ0) is 23.4. The lowest BCUT2D eigenvalue weighted by Gasteiger charge is -2.22. The summed E-state index contributed by atoms with van der Waals surface area (Å²) >= 11 is 6.02. The molecule has 8 nitrogen and oxygen atoms in total. The standard InChI is InChI=1S/C24H18ClN3O5/c25-19-8-4-18(5-9-19)23-13-22(17-6-10-20(11-7-17)28(31)32)26-27(23)24(30)15-33-21-3-1-2-16(12-21)14-29/h1-12,14,23H,13,15H2. The minimum Gasteiger partial charge on any atom is -0.484 e. The van der Waals surface area contributed by atoms with Crippen molar-refractivity contribution in [1.29, 1.82) is 0 Å². The molecule has 4 rings (SSSR count). The van der Waals surface area contributed by atoms with E-state index in [1.54, 1.807) is 48.5 Å². The Bertz CT molecular complexity index is 1230. The van der Waals surface area contributed by atoms with E-state index in [0.29, 0.717) is 40.3 Å². The summed E-state index contributed by atoms with van der Waals surface area (Å²) in [6.07, 6.45) is 1.12. The summed E-state index contributed by atoms with van der Waals surface area (Å²) in [5.41, 5.74) is 2.58. The van der Waals surface area contributed by atoms with Gasteiger partial charge in [0.2, 0.25) is 0 Å². The van der Waals surface area contributed by atoms with Gasteiger partial charge in [-0.05, 0) is 47.5 Å². The second-order valence-corrected chi connectivity index (χ2v) is 7.78. The van der Waals surface area contributed by atoms with E-state index < -0.39 is 4.92 Å². The summed E-state index contributed by atoms with van der Waals surface area (Å²) in [4.78, 5) is 34.5. The van der Waals surface area contributed by atoms with Crippen molar-refractivity contribution in [2.24, 2.45) is 5.10 Å². The average Bonchev–Trinajstić information content (AvgIpc) is 3.29. The van der Waals surface area contributed by atoms with Crippen LogP contribution in [0.2, 0.25) is 5.02 Å². The highest BCUT2D eigenvalue weighted by Crippen LogP contribution is 2.33. The van der Waals surface area contributed by atoms with Crippen molar-refractivity contribution in [3.63, 3.8) is 0 Å². The molecule has 1 amide bonds. The molecule has 9 heteroatoms. The molecular formula is C24H18ClN3O5. The number of nitro groups is 1. The largest absolute Gasteiger partial charge is 0.484 e. The number of halogens is 1. The lowest BCUT2D eigenvalue weighted by atomic mass is 9.98. The number of carbonyl (C=O) groups is 2. The van der Waals surface area contributed by atoms with Gasteiger partial charge < -0.3 is 4.74 Å². The number of benzene rings is 3. The SMILES string of the molecule is O=Cc1cccc(OCC(=O)N2N=C(c3ccc([N+](=O)[O-])cc3)CC2c2ccc(Cl)cc2)c1. The van der Waals surface area contributed by atoms with Crippen LogP contribution in [0.1, 0.15) is 33.9 Å². The molecule has 1 aliphatic rings. The lowest BCUT2D eigenvalue weighted by molar-refractivity contribution is -0.384.